The zero-order valence-corrected chi connectivity index (χ0v) is 17.7. The monoisotopic (exact) mass is 371 g/mol. The molecule has 5 N–H and O–H groups in total. The van der Waals surface area contributed by atoms with Crippen molar-refractivity contribution in [2.24, 2.45) is 22.8 Å². The predicted octanol–water partition coefficient (Wildman–Crippen LogP) is 2.39. The summed E-state index contributed by atoms with van der Waals surface area (Å²) in [7, 11) is 0. The van der Waals surface area contributed by atoms with Crippen molar-refractivity contribution in [3.8, 4) is 0 Å². The molecule has 0 spiro atoms. The van der Waals surface area contributed by atoms with Gasteiger partial charge >= 0.3 is 0 Å². The van der Waals surface area contributed by atoms with Gasteiger partial charge in [-0.3, -0.25) is 9.59 Å². The molecule has 0 saturated carbocycles. The summed E-state index contributed by atoms with van der Waals surface area (Å²) in [6.07, 6.45) is 3.87. The lowest BCUT2D eigenvalue weighted by Gasteiger charge is -2.31. The lowest BCUT2D eigenvalue weighted by atomic mass is 9.92. The molecule has 0 rings (SSSR count). The maximum Gasteiger partial charge on any atom is 0.227 e. The standard InChI is InChI=1S/C20H41N3O3/c1-7-15(2)17(24)16(22)10-8-9-13-23-18(25)19(3,4)14-26-20(5,6)11-12-21/h15-16H,7-14,21-22H2,1-6H3,(H,23,25). The van der Waals surface area contributed by atoms with Crippen LogP contribution in [-0.4, -0.2) is 43.0 Å². The molecule has 0 heterocycles. The number of carbonyl (C=O) groups excluding carboxylic acids is 2. The minimum Gasteiger partial charge on any atom is -0.374 e. The Balaban J connectivity index is 4.12. The van der Waals surface area contributed by atoms with E-state index in [0.717, 1.165) is 25.7 Å². The van der Waals surface area contributed by atoms with Crippen molar-refractivity contribution < 1.29 is 14.3 Å². The molecule has 0 aromatic rings. The van der Waals surface area contributed by atoms with Crippen LogP contribution in [0.5, 0.6) is 0 Å². The van der Waals surface area contributed by atoms with Gasteiger partial charge in [-0.05, 0) is 66.3 Å². The Labute approximate surface area is 159 Å². The summed E-state index contributed by atoms with van der Waals surface area (Å²) in [5, 5.41) is 2.96. The van der Waals surface area contributed by atoms with Crippen LogP contribution >= 0.6 is 0 Å². The molecule has 2 atom stereocenters. The number of ketones is 1. The van der Waals surface area contributed by atoms with E-state index in [1.165, 1.54) is 0 Å². The van der Waals surface area contributed by atoms with Crippen molar-refractivity contribution in [3.63, 3.8) is 0 Å². The highest BCUT2D eigenvalue weighted by atomic mass is 16.5. The maximum atomic E-state index is 12.4. The second-order valence-corrected chi connectivity index (χ2v) is 8.54. The molecule has 2 unspecified atom stereocenters. The molecule has 0 bridgehead atoms. The van der Waals surface area contributed by atoms with Gasteiger partial charge in [0.05, 0.1) is 23.7 Å². The SMILES string of the molecule is CCC(C)C(=O)C(N)CCCCNC(=O)C(C)(C)COC(C)(C)CCN. The first-order valence-electron chi connectivity index (χ1n) is 9.88. The molecule has 0 aliphatic carbocycles. The van der Waals surface area contributed by atoms with Gasteiger partial charge in [0.2, 0.25) is 5.91 Å². The molecular weight excluding hydrogens is 330 g/mol. The first-order chi connectivity index (χ1) is 12.0. The number of rotatable bonds is 14. The molecular formula is C20H41N3O3. The largest absolute Gasteiger partial charge is 0.374 e. The maximum absolute atomic E-state index is 12.4. The number of nitrogens with one attached hydrogen (secondary N) is 1. The Hall–Kier alpha value is -0.980. The van der Waals surface area contributed by atoms with E-state index in [4.69, 9.17) is 16.2 Å². The van der Waals surface area contributed by atoms with E-state index < -0.39 is 11.5 Å². The summed E-state index contributed by atoms with van der Waals surface area (Å²) in [5.41, 5.74) is 10.6. The molecule has 6 nitrogen and oxygen atoms in total. The highest BCUT2D eigenvalue weighted by Gasteiger charge is 2.30. The Morgan fingerprint density at radius 1 is 1.15 bits per heavy atom. The van der Waals surface area contributed by atoms with Crippen LogP contribution in [0.1, 0.15) is 73.6 Å². The van der Waals surface area contributed by atoms with E-state index in [1.807, 2.05) is 41.5 Å². The molecule has 154 valence electrons. The van der Waals surface area contributed by atoms with Gasteiger partial charge < -0.3 is 21.5 Å². The van der Waals surface area contributed by atoms with Crippen LogP contribution < -0.4 is 16.8 Å². The van der Waals surface area contributed by atoms with Gasteiger partial charge in [-0.1, -0.05) is 13.8 Å². The van der Waals surface area contributed by atoms with Crippen molar-refractivity contribution in [2.75, 3.05) is 19.7 Å². The second kappa shape index (κ2) is 11.7. The molecule has 0 aromatic carbocycles. The smallest absolute Gasteiger partial charge is 0.227 e. The van der Waals surface area contributed by atoms with Gasteiger partial charge in [-0.15, -0.1) is 0 Å². The van der Waals surface area contributed by atoms with Gasteiger partial charge in [0, 0.05) is 12.5 Å². The van der Waals surface area contributed by atoms with Crippen LogP contribution in [-0.2, 0) is 14.3 Å². The Kier molecular flexibility index (Phi) is 11.2. The summed E-state index contributed by atoms with van der Waals surface area (Å²) in [4.78, 5) is 24.3. The Bertz CT molecular complexity index is 436. The predicted molar refractivity (Wildman–Crippen MR) is 107 cm³/mol. The topological polar surface area (TPSA) is 107 Å². The third-order valence-electron chi connectivity index (χ3n) is 4.88. The van der Waals surface area contributed by atoms with E-state index in [1.54, 1.807) is 0 Å². The third-order valence-corrected chi connectivity index (χ3v) is 4.88. The van der Waals surface area contributed by atoms with Gasteiger partial charge in [0.1, 0.15) is 0 Å². The van der Waals surface area contributed by atoms with Crippen molar-refractivity contribution >= 4 is 11.7 Å². The average Bonchev–Trinajstić information content (AvgIpc) is 2.58. The van der Waals surface area contributed by atoms with Crippen LogP contribution in [0.25, 0.3) is 0 Å². The molecule has 0 aromatic heterocycles. The van der Waals surface area contributed by atoms with Gasteiger partial charge in [-0.2, -0.15) is 0 Å². The van der Waals surface area contributed by atoms with Crippen molar-refractivity contribution in [3.05, 3.63) is 0 Å². The number of amides is 1. The number of hydrogen-bond donors (Lipinski definition) is 3. The van der Waals surface area contributed by atoms with E-state index >= 15 is 0 Å². The second-order valence-electron chi connectivity index (χ2n) is 8.54. The van der Waals surface area contributed by atoms with E-state index in [9.17, 15) is 9.59 Å². The van der Waals surface area contributed by atoms with Crippen molar-refractivity contribution in [1.29, 1.82) is 0 Å². The fourth-order valence-corrected chi connectivity index (χ4v) is 2.50. The van der Waals surface area contributed by atoms with Crippen LogP contribution in [0.3, 0.4) is 0 Å². The van der Waals surface area contributed by atoms with Gasteiger partial charge in [0.15, 0.2) is 5.78 Å². The Morgan fingerprint density at radius 3 is 2.31 bits per heavy atom. The van der Waals surface area contributed by atoms with Crippen LogP contribution in [0.4, 0.5) is 0 Å². The zero-order valence-electron chi connectivity index (χ0n) is 17.7. The molecule has 26 heavy (non-hydrogen) atoms. The lowest BCUT2D eigenvalue weighted by Crippen LogP contribution is -2.43. The number of nitrogens with two attached hydrogens (primary N) is 2. The highest BCUT2D eigenvalue weighted by molar-refractivity contribution is 5.85. The minimum atomic E-state index is -0.602. The number of ether oxygens (including phenoxy) is 1. The number of unbranched alkanes of at least 4 members (excludes halogenated alkanes) is 1. The first kappa shape index (κ1) is 25.0. The summed E-state index contributed by atoms with van der Waals surface area (Å²) in [6, 6.07) is -0.393. The Morgan fingerprint density at radius 2 is 1.77 bits per heavy atom. The first-order valence-corrected chi connectivity index (χ1v) is 9.88. The number of carbonyl (C=O) groups is 2. The van der Waals surface area contributed by atoms with Crippen molar-refractivity contribution in [2.45, 2.75) is 85.3 Å². The van der Waals surface area contributed by atoms with Gasteiger partial charge in [0.25, 0.3) is 0 Å². The fraction of sp³-hybridized carbons (Fsp3) is 0.900. The molecule has 0 radical (unpaired) electrons. The number of hydrogen-bond acceptors (Lipinski definition) is 5. The normalized spacial score (nSPS) is 14.8. The summed E-state index contributed by atoms with van der Waals surface area (Å²) >= 11 is 0. The zero-order chi connectivity index (χ0) is 20.4. The lowest BCUT2D eigenvalue weighted by molar-refractivity contribution is -0.137. The molecule has 0 fully saturated rings. The van der Waals surface area contributed by atoms with Gasteiger partial charge in [-0.25, -0.2) is 0 Å². The quantitative estimate of drug-likeness (QED) is 0.406. The summed E-state index contributed by atoms with van der Waals surface area (Å²) in [6.45, 7) is 13.1. The summed E-state index contributed by atoms with van der Waals surface area (Å²) in [5.74, 6) is 0.130. The molecule has 6 heteroatoms. The molecule has 0 aliphatic rings. The molecule has 1 amide bonds. The minimum absolute atomic E-state index is 0.0222. The van der Waals surface area contributed by atoms with Crippen molar-refractivity contribution in [1.82, 2.24) is 5.32 Å². The van der Waals surface area contributed by atoms with E-state index in [2.05, 4.69) is 5.32 Å². The highest BCUT2D eigenvalue weighted by Crippen LogP contribution is 2.22. The number of Topliss-reactive ketones (excluding diaryl/α,β-unsaturated/α-hetero) is 1. The molecule has 0 saturated heterocycles. The summed E-state index contributed by atoms with van der Waals surface area (Å²) < 4.78 is 5.88. The van der Waals surface area contributed by atoms with E-state index in [-0.39, 0.29) is 23.2 Å². The van der Waals surface area contributed by atoms with Crippen LogP contribution in [0, 0.1) is 11.3 Å². The molecule has 0 aliphatic heterocycles. The fourth-order valence-electron chi connectivity index (χ4n) is 2.50. The van der Waals surface area contributed by atoms with Crippen LogP contribution in [0.15, 0.2) is 0 Å². The third kappa shape index (κ3) is 9.64. The average molecular weight is 372 g/mol. The van der Waals surface area contributed by atoms with Crippen LogP contribution in [0.2, 0.25) is 0 Å². The van der Waals surface area contributed by atoms with E-state index in [0.29, 0.717) is 26.1 Å².